The average molecular weight is 841 g/mol. The van der Waals surface area contributed by atoms with Crippen LogP contribution in [0.2, 0.25) is 0 Å². The van der Waals surface area contributed by atoms with Gasteiger partial charge in [-0.25, -0.2) is 18.3 Å². The number of piperidine rings is 1. The van der Waals surface area contributed by atoms with Gasteiger partial charge in [0, 0.05) is 63.5 Å². The van der Waals surface area contributed by atoms with E-state index in [1.54, 1.807) is 29.1 Å². The first-order valence-corrected chi connectivity index (χ1v) is 21.0. The maximum absolute atomic E-state index is 14.3. The van der Waals surface area contributed by atoms with Crippen LogP contribution < -0.4 is 20.9 Å². The number of nitrogens with zero attached hydrogens (tertiary/aromatic N) is 9. The third-order valence-electron chi connectivity index (χ3n) is 12.9. The highest BCUT2D eigenvalue weighted by atomic mass is 19.3. The molecule has 5 fully saturated rings. The molecule has 5 aromatic rings. The fraction of sp³-hybridized carbons (Fsp3) is 0.512. The van der Waals surface area contributed by atoms with Gasteiger partial charge in [-0.3, -0.25) is 34.1 Å². The number of nitrogens with one attached hydrogen (secondary N) is 3. The number of carbonyl (C=O) groups excluding carboxylic acids is 4. The third kappa shape index (κ3) is 7.83. The zero-order valence-corrected chi connectivity index (χ0v) is 33.3. The highest BCUT2D eigenvalue weighted by Crippen LogP contribution is 2.37. The summed E-state index contributed by atoms with van der Waals surface area (Å²) in [5.74, 6) is -0.905. The Morgan fingerprint density at radius 2 is 1.79 bits per heavy atom. The minimum absolute atomic E-state index is 0.0212. The number of alkyl halides is 2. The van der Waals surface area contributed by atoms with E-state index in [0.717, 1.165) is 77.2 Å². The predicted molar refractivity (Wildman–Crippen MR) is 215 cm³/mol. The molecule has 10 rings (SSSR count). The number of para-hydroxylation sites is 1. The molecule has 61 heavy (non-hydrogen) atoms. The van der Waals surface area contributed by atoms with E-state index in [-0.39, 0.29) is 54.2 Å². The molecule has 3 unspecified atom stereocenters. The van der Waals surface area contributed by atoms with Crippen molar-refractivity contribution in [1.29, 1.82) is 0 Å². The van der Waals surface area contributed by atoms with Crippen molar-refractivity contribution < 1.29 is 37.2 Å². The SMILES string of the molecule is O=C1CCC(c2noc3c(NC(=O)CN4CCN(CC5CCC(n6cc(NC(=O)c7cnn8ccc(N9CC%10CC9CO%10)nc78)c(C(F)F)n6)CC5)CC4)cccc23)C(=O)N1. The van der Waals surface area contributed by atoms with Crippen LogP contribution in [0.1, 0.15) is 85.1 Å². The lowest BCUT2D eigenvalue weighted by atomic mass is 9.85. The van der Waals surface area contributed by atoms with E-state index in [9.17, 15) is 28.0 Å². The van der Waals surface area contributed by atoms with Crippen molar-refractivity contribution in [3.8, 4) is 0 Å². The van der Waals surface area contributed by atoms with Crippen molar-refractivity contribution in [3.63, 3.8) is 0 Å². The zero-order chi connectivity index (χ0) is 41.8. The van der Waals surface area contributed by atoms with E-state index >= 15 is 0 Å². The first-order valence-electron chi connectivity index (χ1n) is 21.0. The fourth-order valence-electron chi connectivity index (χ4n) is 9.66. The number of rotatable bonds is 11. The lowest BCUT2D eigenvalue weighted by Crippen LogP contribution is -2.49. The third-order valence-corrected chi connectivity index (χ3v) is 12.9. The van der Waals surface area contributed by atoms with Gasteiger partial charge in [-0.1, -0.05) is 11.2 Å². The van der Waals surface area contributed by atoms with Crippen LogP contribution in [0.5, 0.6) is 0 Å². The van der Waals surface area contributed by atoms with E-state index in [1.807, 2.05) is 6.07 Å². The van der Waals surface area contributed by atoms with Crippen LogP contribution in [-0.4, -0.2) is 128 Å². The molecule has 18 nitrogen and oxygen atoms in total. The highest BCUT2D eigenvalue weighted by molar-refractivity contribution is 6.08. The van der Waals surface area contributed by atoms with Crippen LogP contribution in [0.25, 0.3) is 16.6 Å². The van der Waals surface area contributed by atoms with Gasteiger partial charge in [0.15, 0.2) is 16.9 Å². The molecule has 3 N–H and O–H groups in total. The van der Waals surface area contributed by atoms with Gasteiger partial charge in [-0.15, -0.1) is 0 Å². The molecule has 4 saturated heterocycles. The highest BCUT2D eigenvalue weighted by Gasteiger charge is 2.40. The van der Waals surface area contributed by atoms with Crippen LogP contribution in [-0.2, 0) is 19.1 Å². The van der Waals surface area contributed by atoms with Crippen LogP contribution in [0, 0.1) is 5.92 Å². The zero-order valence-electron chi connectivity index (χ0n) is 33.3. The van der Waals surface area contributed by atoms with Crippen molar-refractivity contribution >= 4 is 57.4 Å². The van der Waals surface area contributed by atoms with Gasteiger partial charge in [-0.2, -0.15) is 10.2 Å². The van der Waals surface area contributed by atoms with Crippen molar-refractivity contribution in [3.05, 3.63) is 59.8 Å². The van der Waals surface area contributed by atoms with Crippen LogP contribution in [0.15, 0.2) is 47.4 Å². The Labute approximate surface area is 347 Å². The standard InChI is InChI=1S/C41H46F2N12O6/c42-38(43)36-31(46-41(59)29-17-44-54-11-10-32(47-39(29)54)53-19-26-16-25(53)22-60-26)20-55(49-36)24-6-4-23(5-7-24)18-51-12-14-52(15-13-51)21-34(57)45-30-3-1-2-27-35(50-61-37(27)30)28-8-9-33(56)48-40(28)58/h1-3,10-11,17,20,23-26,28,38H,4-9,12-16,18-19,21-22H2,(H,45,57)(H,46,59)(H,48,56,58). The minimum Gasteiger partial charge on any atom is -0.374 e. The lowest BCUT2D eigenvalue weighted by molar-refractivity contribution is -0.134. The topological polar surface area (TPSA) is 197 Å². The fourth-order valence-corrected chi connectivity index (χ4v) is 9.66. The van der Waals surface area contributed by atoms with E-state index in [0.29, 0.717) is 46.9 Å². The van der Waals surface area contributed by atoms with Gasteiger partial charge in [0.2, 0.25) is 17.7 Å². The summed E-state index contributed by atoms with van der Waals surface area (Å²) in [5.41, 5.74) is 1.35. The number of piperazine rings is 1. The molecule has 4 aliphatic heterocycles. The Hall–Kier alpha value is -5.86. The maximum Gasteiger partial charge on any atom is 0.284 e. The van der Waals surface area contributed by atoms with E-state index in [2.05, 4.69) is 46.0 Å². The van der Waals surface area contributed by atoms with Gasteiger partial charge in [0.1, 0.15) is 17.1 Å². The molecular formula is C41H46F2N12O6. The summed E-state index contributed by atoms with van der Waals surface area (Å²) < 4.78 is 43.0. The number of hydrogen-bond acceptors (Lipinski definition) is 13. The van der Waals surface area contributed by atoms with E-state index in [4.69, 9.17) is 14.2 Å². The van der Waals surface area contributed by atoms with Gasteiger partial charge < -0.3 is 29.7 Å². The number of halogens is 2. The second-order valence-corrected chi connectivity index (χ2v) is 16.8. The maximum atomic E-state index is 14.3. The minimum atomic E-state index is -2.87. The number of ether oxygens (including phenoxy) is 1. The summed E-state index contributed by atoms with van der Waals surface area (Å²) in [6.07, 6.45) is 6.87. The number of carbonyl (C=O) groups is 4. The number of fused-ring (bicyclic) bond motifs is 4. The van der Waals surface area contributed by atoms with Crippen LogP contribution in [0.4, 0.5) is 26.0 Å². The molecule has 1 saturated carbocycles. The van der Waals surface area contributed by atoms with Crippen molar-refractivity contribution in [2.75, 3.05) is 68.0 Å². The predicted octanol–water partition coefficient (Wildman–Crippen LogP) is 3.74. The molecule has 4 amide bonds. The molecule has 4 aromatic heterocycles. The first kappa shape index (κ1) is 39.3. The number of hydrogen-bond donors (Lipinski definition) is 3. The van der Waals surface area contributed by atoms with Crippen molar-refractivity contribution in [1.82, 2.24) is 44.7 Å². The largest absolute Gasteiger partial charge is 0.374 e. The summed E-state index contributed by atoms with van der Waals surface area (Å²) in [5, 5.41) is 21.3. The van der Waals surface area contributed by atoms with Crippen LogP contribution in [0.3, 0.4) is 0 Å². The number of imide groups is 1. The van der Waals surface area contributed by atoms with Crippen molar-refractivity contribution in [2.45, 2.75) is 75.5 Å². The van der Waals surface area contributed by atoms with Crippen molar-refractivity contribution in [2.24, 2.45) is 5.92 Å². The van der Waals surface area contributed by atoms with E-state index < -0.39 is 29.9 Å². The first-order chi connectivity index (χ1) is 29.6. The summed E-state index contributed by atoms with van der Waals surface area (Å²) in [6, 6.07) is 7.32. The summed E-state index contributed by atoms with van der Waals surface area (Å²) in [6.45, 7) is 5.59. The molecule has 2 bridgehead atoms. The lowest BCUT2D eigenvalue weighted by Gasteiger charge is -2.38. The number of morpholine rings is 1. The molecule has 0 radical (unpaired) electrons. The second kappa shape index (κ2) is 16.2. The molecule has 0 spiro atoms. The smallest absolute Gasteiger partial charge is 0.284 e. The Bertz CT molecular complexity index is 2490. The Morgan fingerprint density at radius 3 is 2.54 bits per heavy atom. The van der Waals surface area contributed by atoms with E-state index in [1.165, 1.54) is 16.9 Å². The summed E-state index contributed by atoms with van der Waals surface area (Å²) in [4.78, 5) is 62.2. The Kier molecular flexibility index (Phi) is 10.4. The number of anilines is 3. The van der Waals surface area contributed by atoms with Gasteiger partial charge in [-0.05, 0) is 62.6 Å². The normalized spacial score (nSPS) is 24.9. The Morgan fingerprint density at radius 1 is 0.967 bits per heavy atom. The quantitative estimate of drug-likeness (QED) is 0.163. The van der Waals surface area contributed by atoms with Gasteiger partial charge in [0.05, 0.1) is 54.8 Å². The molecule has 1 aliphatic carbocycles. The molecule has 8 heterocycles. The molecule has 3 atom stereocenters. The van der Waals surface area contributed by atoms with Gasteiger partial charge >= 0.3 is 0 Å². The monoisotopic (exact) mass is 840 g/mol. The van der Waals surface area contributed by atoms with Crippen LogP contribution >= 0.6 is 0 Å². The van der Waals surface area contributed by atoms with Gasteiger partial charge in [0.25, 0.3) is 12.3 Å². The summed E-state index contributed by atoms with van der Waals surface area (Å²) >= 11 is 0. The Balaban J connectivity index is 0.699. The second-order valence-electron chi connectivity index (χ2n) is 16.8. The number of amides is 4. The molecule has 320 valence electrons. The molecule has 20 heteroatoms. The average Bonchev–Trinajstić information content (AvgIpc) is 4.11. The number of benzene rings is 1. The summed E-state index contributed by atoms with van der Waals surface area (Å²) in [7, 11) is 0. The molecular weight excluding hydrogens is 795 g/mol. The molecule has 1 aromatic carbocycles. The number of aromatic nitrogens is 6. The molecule has 5 aliphatic rings.